The molecule has 5 heterocycles. The van der Waals surface area contributed by atoms with Crippen LogP contribution in [0.4, 0.5) is 41.6 Å². The fourth-order valence-electron chi connectivity index (χ4n) is 10.7. The number of halogens is 1. The Bertz CT molecular complexity index is 4150. The fraction of sp³-hybridized carbons (Fsp3) is 0.514. The number of urea groups is 1. The molecule has 8 rings (SSSR count). The van der Waals surface area contributed by atoms with Gasteiger partial charge in [-0.05, 0) is 105 Å². The molecule has 0 unspecified atom stereocenters. The van der Waals surface area contributed by atoms with E-state index in [1.54, 1.807) is 49.0 Å². The van der Waals surface area contributed by atoms with Crippen molar-refractivity contribution in [3.8, 4) is 17.6 Å². The minimum atomic E-state index is -1.17. The Balaban J connectivity index is 0.754. The first kappa shape index (κ1) is 86.9. The van der Waals surface area contributed by atoms with E-state index < -0.39 is 53.8 Å². The van der Waals surface area contributed by atoms with Crippen LogP contribution in [-0.4, -0.2) is 237 Å². The smallest absolute Gasteiger partial charge is 0.410 e. The lowest BCUT2D eigenvalue weighted by molar-refractivity contribution is -0.138. The monoisotopic (exact) mass is 1580 g/mol. The summed E-state index contributed by atoms with van der Waals surface area (Å²) in [5, 5.41) is 48.9. The van der Waals surface area contributed by atoms with E-state index >= 15 is 4.39 Å². The number of aromatic carboxylic acids is 1. The molecule has 0 bridgehead atoms. The molecule has 1 aliphatic rings. The second kappa shape index (κ2) is 47.5. The Kier molecular flexibility index (Phi) is 37.2. The molecule has 7 aromatic rings. The average molecular weight is 1580 g/mol. The van der Waals surface area contributed by atoms with Gasteiger partial charge >= 0.3 is 24.1 Å². The van der Waals surface area contributed by atoms with Crippen LogP contribution < -0.4 is 42.4 Å². The lowest BCUT2D eigenvalue weighted by Gasteiger charge is -2.28. The van der Waals surface area contributed by atoms with Crippen molar-refractivity contribution in [2.45, 2.75) is 104 Å². The highest BCUT2D eigenvalue weighted by atomic mass is 32.1. The molecule has 10 N–H and O–H groups in total. The first-order valence-corrected chi connectivity index (χ1v) is 38.0. The zero-order chi connectivity index (χ0) is 79.1. The quantitative estimate of drug-likeness (QED) is 0.0142. The lowest BCUT2D eigenvalue weighted by atomic mass is 10.0. The van der Waals surface area contributed by atoms with Gasteiger partial charge in [-0.1, -0.05) is 60.4 Å². The van der Waals surface area contributed by atoms with Crippen LogP contribution in [0.25, 0.3) is 10.2 Å². The Hall–Kier alpha value is -9.69. The van der Waals surface area contributed by atoms with Crippen LogP contribution in [0.3, 0.4) is 0 Å². The van der Waals surface area contributed by atoms with E-state index in [9.17, 15) is 33.9 Å². The number of nitrogens with zero attached hydrogens (tertiary/aromatic N) is 9. The zero-order valence-electron chi connectivity index (χ0n) is 62.7. The highest BCUT2D eigenvalue weighted by molar-refractivity contribution is 7.22. The standard InChI is InChI=1S/C74H98FN15O19S2/c1-49(2)64(76)69(94)80-59(14-7-22-78-71(77)97)68(93)79-54-19-18-52(53(44-54)46-107-48-55-45-89(87-84-55)25-28-100-30-32-102-34-36-104-38-40-106-42-41-105-39-37-103-35-33-101-31-29-99-27-21-63(91)92)47-109-74(98)88(4)23-8-11-51-17-20-60(57(75)43-51)108-26-10-16-62-65(70(95)96)82-73(111-62)90-24-9-12-56-50(3)66(85-86-67(56)90)83-72-81-58-13-5-6-15-61(58)110-72/h5-6,13,15,17-20,43-45,49,59,64H,7,9-10,12,14,16,21-42,46-48,76H2,1-4H3,(H,79,93)(H,80,94)(H,91,92)(H,95,96)(H3,77,78,97)(H,81,83,85)/t59-,64-/m0/s1. The van der Waals surface area contributed by atoms with E-state index in [0.717, 1.165) is 34.2 Å². The lowest BCUT2D eigenvalue weighted by Crippen LogP contribution is -2.51. The third kappa shape index (κ3) is 30.2. The van der Waals surface area contributed by atoms with Gasteiger partial charge in [0, 0.05) is 47.4 Å². The summed E-state index contributed by atoms with van der Waals surface area (Å²) in [5.41, 5.74) is 16.3. The molecule has 1 aliphatic heterocycles. The number of hydrogen-bond acceptors (Lipinski definition) is 28. The molecule has 2 atom stereocenters. The topological polar surface area (TPSA) is 433 Å². The number of carboxylic acid groups (broad SMARTS) is 2. The molecule has 0 saturated heterocycles. The van der Waals surface area contributed by atoms with Crippen LogP contribution in [0, 0.1) is 30.5 Å². The van der Waals surface area contributed by atoms with Gasteiger partial charge in [0.25, 0.3) is 0 Å². The number of primary amides is 1. The van der Waals surface area contributed by atoms with Crippen molar-refractivity contribution in [1.29, 1.82) is 0 Å². The molecule has 4 aromatic heterocycles. The number of aromatic nitrogens is 7. The number of amides is 5. The molecule has 0 radical (unpaired) electrons. The maximum Gasteiger partial charge on any atom is 0.410 e. The number of hydrogen-bond donors (Lipinski definition) is 8. The number of benzene rings is 3. The summed E-state index contributed by atoms with van der Waals surface area (Å²) in [5.74, 6) is 2.91. The third-order valence-electron chi connectivity index (χ3n) is 16.7. The normalized spacial score (nSPS) is 12.4. The minimum Gasteiger partial charge on any atom is -0.491 e. The summed E-state index contributed by atoms with van der Waals surface area (Å²) in [6.07, 6.45) is 3.60. The Morgan fingerprint density at radius 1 is 0.739 bits per heavy atom. The summed E-state index contributed by atoms with van der Waals surface area (Å²) in [4.78, 5) is 87.6. The number of fused-ring (bicyclic) bond motifs is 2. The summed E-state index contributed by atoms with van der Waals surface area (Å²) >= 11 is 2.78. The zero-order valence-corrected chi connectivity index (χ0v) is 64.3. The van der Waals surface area contributed by atoms with E-state index in [0.29, 0.717) is 186 Å². The van der Waals surface area contributed by atoms with E-state index in [-0.39, 0.29) is 76.3 Å². The number of carbonyl (C=O) groups excluding carboxylic acids is 4. The van der Waals surface area contributed by atoms with Gasteiger partial charge in [0.15, 0.2) is 39.2 Å². The van der Waals surface area contributed by atoms with Gasteiger partial charge in [0.05, 0.1) is 167 Å². The van der Waals surface area contributed by atoms with Gasteiger partial charge < -0.3 is 105 Å². The summed E-state index contributed by atoms with van der Waals surface area (Å²) in [7, 11) is 1.49. The summed E-state index contributed by atoms with van der Waals surface area (Å²) in [6, 6.07) is 14.4. The van der Waals surface area contributed by atoms with Crippen molar-refractivity contribution >= 4 is 96.4 Å². The molecule has 0 aliphatic carbocycles. The largest absolute Gasteiger partial charge is 0.491 e. The number of carboxylic acids is 2. The molecule has 602 valence electrons. The number of nitrogens with two attached hydrogens (primary N) is 2. The second-order valence-electron chi connectivity index (χ2n) is 25.5. The molecule has 0 saturated carbocycles. The fourth-order valence-corrected chi connectivity index (χ4v) is 12.7. The van der Waals surface area contributed by atoms with Gasteiger partial charge in [-0.15, -0.1) is 26.6 Å². The number of rotatable bonds is 52. The number of anilines is 5. The second-order valence-corrected chi connectivity index (χ2v) is 27.6. The minimum absolute atomic E-state index is 0.0199. The van der Waals surface area contributed by atoms with Gasteiger partial charge in [0.1, 0.15) is 18.3 Å². The molecule has 0 fully saturated rings. The number of para-hydroxylation sites is 1. The molecular weight excluding hydrogens is 1490 g/mol. The Morgan fingerprint density at radius 2 is 1.41 bits per heavy atom. The molecule has 5 amide bonds. The molecular formula is C74H98FN15O19S2. The predicted molar refractivity (Wildman–Crippen MR) is 408 cm³/mol. The summed E-state index contributed by atoms with van der Waals surface area (Å²) in [6.45, 7) is 12.4. The van der Waals surface area contributed by atoms with Crippen LogP contribution in [-0.2, 0) is 101 Å². The SMILES string of the molecule is Cc1c(Nc2nc3ccccc3s2)nnc2c1CCCN2c1nc(C(=O)O)c(CCCOc2ccc(C#CCN(C)C(=O)OCc3ccc(NC(=O)[C@H](CCCNC(N)=O)NC(=O)[C@@H](N)C(C)C)cc3COCc3cn(CCOCCOCCOCCOCCOCCOCCOCCOCCC(=O)O)nn3)cc2F)s1. The van der Waals surface area contributed by atoms with Crippen LogP contribution in [0.2, 0.25) is 0 Å². The van der Waals surface area contributed by atoms with Gasteiger partial charge in [0.2, 0.25) is 11.8 Å². The van der Waals surface area contributed by atoms with Crippen LogP contribution in [0.5, 0.6) is 5.75 Å². The van der Waals surface area contributed by atoms with E-state index in [1.165, 1.54) is 46.8 Å². The molecule has 34 nitrogen and oxygen atoms in total. The number of ether oxygens (including phenoxy) is 11. The number of aryl methyl sites for hydroxylation is 1. The van der Waals surface area contributed by atoms with Gasteiger partial charge in [-0.3, -0.25) is 14.4 Å². The van der Waals surface area contributed by atoms with Crippen molar-refractivity contribution in [2.24, 2.45) is 17.4 Å². The maximum atomic E-state index is 15.5. The molecule has 0 spiro atoms. The van der Waals surface area contributed by atoms with E-state index in [1.807, 2.05) is 36.1 Å². The van der Waals surface area contributed by atoms with E-state index in [2.05, 4.69) is 63.6 Å². The Morgan fingerprint density at radius 3 is 2.06 bits per heavy atom. The average Bonchev–Trinajstić information content (AvgIpc) is 1.70. The van der Waals surface area contributed by atoms with E-state index in [4.69, 9.17) is 68.7 Å². The van der Waals surface area contributed by atoms with Crippen molar-refractivity contribution < 1.29 is 95.5 Å². The first-order chi connectivity index (χ1) is 53.8. The number of thiazole rings is 2. The van der Waals surface area contributed by atoms with Crippen LogP contribution in [0.15, 0.2) is 66.9 Å². The highest BCUT2D eigenvalue weighted by Gasteiger charge is 2.30. The van der Waals surface area contributed by atoms with Crippen molar-refractivity contribution in [1.82, 2.24) is 50.7 Å². The van der Waals surface area contributed by atoms with Crippen molar-refractivity contribution in [3.05, 3.63) is 117 Å². The number of nitrogens with one attached hydrogen (secondary N) is 4. The predicted octanol–water partition coefficient (Wildman–Crippen LogP) is 6.92. The van der Waals surface area contributed by atoms with Gasteiger partial charge in [-0.2, -0.15) is 0 Å². The summed E-state index contributed by atoms with van der Waals surface area (Å²) < 4.78 is 79.7. The molecule has 111 heavy (non-hydrogen) atoms. The Labute approximate surface area is 649 Å². The molecule has 3 aromatic carbocycles. The number of carbonyl (C=O) groups is 6. The third-order valence-corrected chi connectivity index (χ3v) is 18.8. The maximum absolute atomic E-state index is 15.5. The molecule has 37 heteroatoms. The number of aliphatic carboxylic acids is 1. The highest BCUT2D eigenvalue weighted by Crippen LogP contribution is 2.39. The van der Waals surface area contributed by atoms with Gasteiger partial charge in [-0.25, -0.2) is 33.4 Å². The van der Waals surface area contributed by atoms with Crippen LogP contribution >= 0.6 is 22.7 Å². The van der Waals surface area contributed by atoms with Crippen molar-refractivity contribution in [3.63, 3.8) is 0 Å². The van der Waals surface area contributed by atoms with Crippen molar-refractivity contribution in [2.75, 3.05) is 155 Å². The van der Waals surface area contributed by atoms with Crippen LogP contribution in [0.1, 0.15) is 94.8 Å². The first-order valence-electron chi connectivity index (χ1n) is 36.4.